The van der Waals surface area contributed by atoms with Crippen LogP contribution in [0.2, 0.25) is 5.02 Å². The molecule has 0 aliphatic carbocycles. The topological polar surface area (TPSA) is 29.1 Å². The average molecular weight is 292 g/mol. The molecule has 2 nitrogen and oxygen atoms in total. The highest BCUT2D eigenvalue weighted by atomic mass is 35.5. The first kappa shape index (κ1) is 14.5. The van der Waals surface area contributed by atoms with Gasteiger partial charge in [-0.25, -0.2) is 4.39 Å². The van der Waals surface area contributed by atoms with E-state index in [1.807, 2.05) is 26.0 Å². The number of hydrogen-bond acceptors (Lipinski definition) is 1. The number of aryl methyl sites for hydroxylation is 1. The van der Waals surface area contributed by atoms with Crippen molar-refractivity contribution >= 4 is 17.5 Å². The summed E-state index contributed by atoms with van der Waals surface area (Å²) in [5, 5.41) is 3.37. The molecule has 0 aromatic heterocycles. The summed E-state index contributed by atoms with van der Waals surface area (Å²) in [6.07, 6.45) is 0. The first-order chi connectivity index (χ1) is 9.47. The molecule has 1 N–H and O–H groups in total. The van der Waals surface area contributed by atoms with Gasteiger partial charge >= 0.3 is 0 Å². The van der Waals surface area contributed by atoms with Gasteiger partial charge in [-0.2, -0.15) is 0 Å². The van der Waals surface area contributed by atoms with Crippen LogP contribution in [0.25, 0.3) is 0 Å². The van der Waals surface area contributed by atoms with Gasteiger partial charge < -0.3 is 5.32 Å². The van der Waals surface area contributed by atoms with Crippen LogP contribution in [0.5, 0.6) is 0 Å². The summed E-state index contributed by atoms with van der Waals surface area (Å²) in [5.74, 6) is -0.954. The lowest BCUT2D eigenvalue weighted by atomic mass is 10.1. The lowest BCUT2D eigenvalue weighted by molar-refractivity contribution is 0.0935. The van der Waals surface area contributed by atoms with E-state index in [2.05, 4.69) is 5.32 Å². The minimum absolute atomic E-state index is 0.0545. The summed E-state index contributed by atoms with van der Waals surface area (Å²) in [6.45, 7) is 3.65. The number of hydrogen-bond donors (Lipinski definition) is 1. The zero-order valence-electron chi connectivity index (χ0n) is 11.3. The van der Waals surface area contributed by atoms with Crippen LogP contribution in [0, 0.1) is 12.7 Å². The van der Waals surface area contributed by atoms with E-state index in [1.165, 1.54) is 12.1 Å². The summed E-state index contributed by atoms with van der Waals surface area (Å²) >= 11 is 5.92. The Balaban J connectivity index is 2.17. The Hall–Kier alpha value is -1.87. The van der Waals surface area contributed by atoms with Crippen molar-refractivity contribution in [2.24, 2.45) is 0 Å². The van der Waals surface area contributed by atoms with Gasteiger partial charge in [-0.15, -0.1) is 0 Å². The monoisotopic (exact) mass is 291 g/mol. The molecular formula is C16H15ClFNO. The van der Waals surface area contributed by atoms with Crippen LogP contribution in [0.4, 0.5) is 4.39 Å². The van der Waals surface area contributed by atoms with Crippen molar-refractivity contribution in [3.63, 3.8) is 0 Å². The van der Waals surface area contributed by atoms with Crippen LogP contribution in [0.3, 0.4) is 0 Å². The van der Waals surface area contributed by atoms with E-state index in [4.69, 9.17) is 11.6 Å². The molecule has 0 spiro atoms. The van der Waals surface area contributed by atoms with Gasteiger partial charge in [0.15, 0.2) is 0 Å². The van der Waals surface area contributed by atoms with Crippen LogP contribution < -0.4 is 5.32 Å². The Kier molecular flexibility index (Phi) is 4.40. The number of amides is 1. The van der Waals surface area contributed by atoms with Crippen molar-refractivity contribution in [3.05, 3.63) is 70.0 Å². The molecule has 0 fully saturated rings. The molecule has 0 radical (unpaired) electrons. The predicted molar refractivity (Wildman–Crippen MR) is 78.5 cm³/mol. The molecule has 0 saturated carbocycles. The molecule has 0 heterocycles. The molecule has 0 aliphatic rings. The second kappa shape index (κ2) is 6.06. The summed E-state index contributed by atoms with van der Waals surface area (Å²) in [7, 11) is 0. The first-order valence-electron chi connectivity index (χ1n) is 6.30. The molecule has 1 unspecified atom stereocenters. The Morgan fingerprint density at radius 1 is 1.25 bits per heavy atom. The van der Waals surface area contributed by atoms with Gasteiger partial charge in [0.05, 0.1) is 11.6 Å². The third-order valence-corrected chi connectivity index (χ3v) is 3.30. The van der Waals surface area contributed by atoms with Crippen molar-refractivity contribution < 1.29 is 9.18 Å². The molecule has 2 rings (SSSR count). The summed E-state index contributed by atoms with van der Waals surface area (Å²) < 4.78 is 13.7. The number of rotatable bonds is 3. The van der Waals surface area contributed by atoms with Crippen molar-refractivity contribution in [2.45, 2.75) is 19.9 Å². The Morgan fingerprint density at radius 2 is 2.00 bits per heavy atom. The number of carbonyl (C=O) groups excluding carboxylic acids is 1. The van der Waals surface area contributed by atoms with E-state index in [0.29, 0.717) is 5.02 Å². The van der Waals surface area contributed by atoms with Gasteiger partial charge in [-0.3, -0.25) is 4.79 Å². The molecule has 104 valence electrons. The van der Waals surface area contributed by atoms with Gasteiger partial charge in [0.2, 0.25) is 0 Å². The molecule has 1 atom stereocenters. The van der Waals surface area contributed by atoms with E-state index in [1.54, 1.807) is 18.2 Å². The molecule has 20 heavy (non-hydrogen) atoms. The second-order valence-corrected chi connectivity index (χ2v) is 5.17. The Morgan fingerprint density at radius 3 is 2.70 bits per heavy atom. The van der Waals surface area contributed by atoms with Crippen molar-refractivity contribution in [1.82, 2.24) is 5.32 Å². The molecule has 1 amide bonds. The van der Waals surface area contributed by atoms with E-state index >= 15 is 0 Å². The highest BCUT2D eigenvalue weighted by molar-refractivity contribution is 6.30. The number of benzene rings is 2. The smallest absolute Gasteiger partial charge is 0.254 e. The Labute approximate surface area is 122 Å². The standard InChI is InChI=1S/C16H15ClFNO/c1-10-6-7-15(18)14(8-10)16(20)19-11(2)12-4-3-5-13(17)9-12/h3-9,11H,1-2H3,(H,19,20). The van der Waals surface area contributed by atoms with Gasteiger partial charge in [0.1, 0.15) is 5.82 Å². The first-order valence-corrected chi connectivity index (χ1v) is 6.67. The fourth-order valence-corrected chi connectivity index (χ4v) is 2.15. The lowest BCUT2D eigenvalue weighted by Gasteiger charge is -2.15. The van der Waals surface area contributed by atoms with E-state index in [-0.39, 0.29) is 11.6 Å². The maximum atomic E-state index is 13.7. The summed E-state index contributed by atoms with van der Waals surface area (Å²) in [4.78, 5) is 12.1. The zero-order valence-corrected chi connectivity index (χ0v) is 12.0. The van der Waals surface area contributed by atoms with Crippen LogP contribution >= 0.6 is 11.6 Å². The van der Waals surface area contributed by atoms with Gasteiger partial charge in [0, 0.05) is 5.02 Å². The SMILES string of the molecule is Cc1ccc(F)c(C(=O)NC(C)c2cccc(Cl)c2)c1. The lowest BCUT2D eigenvalue weighted by Crippen LogP contribution is -2.27. The van der Waals surface area contributed by atoms with Crippen molar-refractivity contribution in [1.29, 1.82) is 0 Å². The maximum Gasteiger partial charge on any atom is 0.254 e. The van der Waals surface area contributed by atoms with Gasteiger partial charge in [-0.1, -0.05) is 35.4 Å². The molecule has 0 aliphatic heterocycles. The van der Waals surface area contributed by atoms with Gasteiger partial charge in [0.25, 0.3) is 5.91 Å². The normalized spacial score (nSPS) is 12.0. The number of halogens is 2. The maximum absolute atomic E-state index is 13.7. The fourth-order valence-electron chi connectivity index (χ4n) is 1.95. The largest absolute Gasteiger partial charge is 0.345 e. The minimum atomic E-state index is -0.522. The van der Waals surface area contributed by atoms with Gasteiger partial charge in [-0.05, 0) is 43.7 Å². The Bertz CT molecular complexity index is 642. The third kappa shape index (κ3) is 3.36. The van der Waals surface area contributed by atoms with E-state index < -0.39 is 11.7 Å². The molecule has 4 heteroatoms. The van der Waals surface area contributed by atoms with Crippen molar-refractivity contribution in [2.75, 3.05) is 0 Å². The van der Waals surface area contributed by atoms with Crippen LogP contribution in [-0.2, 0) is 0 Å². The molecule has 0 saturated heterocycles. The summed E-state index contributed by atoms with van der Waals surface area (Å²) in [5.41, 5.74) is 1.77. The highest BCUT2D eigenvalue weighted by Gasteiger charge is 2.15. The quantitative estimate of drug-likeness (QED) is 0.898. The van der Waals surface area contributed by atoms with Crippen LogP contribution in [0.15, 0.2) is 42.5 Å². The molecule has 2 aromatic carbocycles. The van der Waals surface area contributed by atoms with Crippen LogP contribution in [0.1, 0.15) is 34.5 Å². The molecule has 0 bridgehead atoms. The second-order valence-electron chi connectivity index (χ2n) is 4.73. The highest BCUT2D eigenvalue weighted by Crippen LogP contribution is 2.18. The van der Waals surface area contributed by atoms with E-state index in [9.17, 15) is 9.18 Å². The molecular weight excluding hydrogens is 277 g/mol. The summed E-state index contributed by atoms with van der Waals surface area (Å²) in [6, 6.07) is 11.4. The fraction of sp³-hybridized carbons (Fsp3) is 0.188. The van der Waals surface area contributed by atoms with E-state index in [0.717, 1.165) is 11.1 Å². The van der Waals surface area contributed by atoms with Crippen LogP contribution in [-0.4, -0.2) is 5.91 Å². The number of nitrogens with one attached hydrogen (secondary N) is 1. The predicted octanol–water partition coefficient (Wildman–Crippen LogP) is 4.28. The average Bonchev–Trinajstić information content (AvgIpc) is 2.41. The number of carbonyl (C=O) groups is 1. The third-order valence-electron chi connectivity index (χ3n) is 3.06. The molecule has 2 aromatic rings. The van der Waals surface area contributed by atoms with Crippen molar-refractivity contribution in [3.8, 4) is 0 Å². The minimum Gasteiger partial charge on any atom is -0.345 e. The zero-order chi connectivity index (χ0) is 14.7.